The maximum Gasteiger partial charge on any atom is 0.233 e. The molecule has 2 aromatic carbocycles. The van der Waals surface area contributed by atoms with Gasteiger partial charge < -0.3 is 14.5 Å². The Kier molecular flexibility index (Phi) is 6.91. The van der Waals surface area contributed by atoms with E-state index in [1.807, 2.05) is 78.2 Å². The van der Waals surface area contributed by atoms with Gasteiger partial charge in [-0.2, -0.15) is 0 Å². The third-order valence-electron chi connectivity index (χ3n) is 4.91. The quantitative estimate of drug-likeness (QED) is 0.383. The minimum absolute atomic E-state index is 0.0503. The maximum absolute atomic E-state index is 12.7. The number of ether oxygens (including phenoxy) is 1. The molecule has 0 fully saturated rings. The number of hydrogen-bond donors (Lipinski definition) is 1. The molecule has 2 aromatic heterocycles. The summed E-state index contributed by atoms with van der Waals surface area (Å²) in [5.41, 5.74) is 2.04. The van der Waals surface area contributed by atoms with E-state index in [1.165, 1.54) is 11.8 Å². The van der Waals surface area contributed by atoms with Crippen LogP contribution in [0.3, 0.4) is 0 Å². The molecule has 0 aliphatic carbocycles. The number of amides is 1. The number of hydrogen-bond acceptors (Lipinski definition) is 6. The monoisotopic (exact) mass is 448 g/mol. The van der Waals surface area contributed by atoms with Gasteiger partial charge in [-0.3, -0.25) is 9.36 Å². The highest BCUT2D eigenvalue weighted by Crippen LogP contribution is 2.30. The molecule has 0 saturated carbocycles. The van der Waals surface area contributed by atoms with E-state index < -0.39 is 0 Å². The summed E-state index contributed by atoms with van der Waals surface area (Å²) in [6.45, 7) is 2.42. The molecule has 1 unspecified atom stereocenters. The van der Waals surface area contributed by atoms with Crippen molar-refractivity contribution in [2.24, 2.45) is 0 Å². The van der Waals surface area contributed by atoms with E-state index in [9.17, 15) is 4.79 Å². The van der Waals surface area contributed by atoms with Crippen LogP contribution < -0.4 is 10.1 Å². The fourth-order valence-corrected chi connectivity index (χ4v) is 4.09. The summed E-state index contributed by atoms with van der Waals surface area (Å²) >= 11 is 1.36. The van der Waals surface area contributed by atoms with Crippen LogP contribution in [0.1, 0.15) is 12.5 Å². The SMILES string of the molecule is COc1ccc(CCNC(=O)C(C)Sc2nnc(-c3ccco3)n2-c2ccccc2)cc1. The molecule has 4 rings (SSSR count). The van der Waals surface area contributed by atoms with E-state index in [0.29, 0.717) is 23.3 Å². The summed E-state index contributed by atoms with van der Waals surface area (Å²) in [5.74, 6) is 1.98. The number of furan rings is 1. The molecule has 0 saturated heterocycles. The first-order chi connectivity index (χ1) is 15.7. The normalized spacial score (nSPS) is 11.8. The lowest BCUT2D eigenvalue weighted by Gasteiger charge is -2.13. The van der Waals surface area contributed by atoms with Crippen molar-refractivity contribution in [2.45, 2.75) is 23.8 Å². The van der Waals surface area contributed by atoms with E-state index in [4.69, 9.17) is 9.15 Å². The van der Waals surface area contributed by atoms with E-state index in [0.717, 1.165) is 23.4 Å². The van der Waals surface area contributed by atoms with Crippen LogP contribution in [-0.2, 0) is 11.2 Å². The molecule has 0 bridgehead atoms. The second-order valence-electron chi connectivity index (χ2n) is 7.10. The standard InChI is InChI=1S/C24H24N4O3S/c1-17(23(29)25-15-14-18-10-12-20(30-2)13-11-18)32-24-27-26-22(21-9-6-16-31-21)28(24)19-7-4-3-5-8-19/h3-13,16-17H,14-15H2,1-2H3,(H,25,29). The molecule has 0 spiro atoms. The molecular formula is C24H24N4O3S. The van der Waals surface area contributed by atoms with Crippen LogP contribution in [0.25, 0.3) is 17.3 Å². The van der Waals surface area contributed by atoms with Crippen molar-refractivity contribution in [3.05, 3.63) is 78.6 Å². The predicted molar refractivity (Wildman–Crippen MR) is 124 cm³/mol. The third kappa shape index (κ3) is 5.03. The lowest BCUT2D eigenvalue weighted by Crippen LogP contribution is -2.32. The first-order valence-corrected chi connectivity index (χ1v) is 11.2. The second-order valence-corrected chi connectivity index (χ2v) is 8.41. The molecule has 8 heteroatoms. The summed E-state index contributed by atoms with van der Waals surface area (Å²) in [4.78, 5) is 12.7. The van der Waals surface area contributed by atoms with Crippen LogP contribution in [0.4, 0.5) is 0 Å². The number of nitrogens with one attached hydrogen (secondary N) is 1. The minimum atomic E-state index is -0.345. The largest absolute Gasteiger partial charge is 0.497 e. The number of para-hydroxylation sites is 1. The molecule has 0 aliphatic heterocycles. The molecule has 7 nitrogen and oxygen atoms in total. The van der Waals surface area contributed by atoms with Crippen LogP contribution in [0.2, 0.25) is 0 Å². The zero-order chi connectivity index (χ0) is 22.3. The molecular weight excluding hydrogens is 424 g/mol. The summed E-state index contributed by atoms with van der Waals surface area (Å²) in [6.07, 6.45) is 2.35. The fourth-order valence-electron chi connectivity index (χ4n) is 3.20. The number of aromatic nitrogens is 3. The number of rotatable bonds is 9. The van der Waals surface area contributed by atoms with Crippen LogP contribution in [0.15, 0.2) is 82.6 Å². The number of carbonyl (C=O) groups is 1. The first-order valence-electron chi connectivity index (χ1n) is 10.3. The molecule has 2 heterocycles. The van der Waals surface area contributed by atoms with Crippen LogP contribution >= 0.6 is 11.8 Å². The summed E-state index contributed by atoms with van der Waals surface area (Å²) in [7, 11) is 1.64. The van der Waals surface area contributed by atoms with Crippen molar-refractivity contribution in [1.82, 2.24) is 20.1 Å². The van der Waals surface area contributed by atoms with E-state index >= 15 is 0 Å². The zero-order valence-electron chi connectivity index (χ0n) is 17.9. The molecule has 1 amide bonds. The van der Waals surface area contributed by atoms with Gasteiger partial charge in [0.05, 0.1) is 18.6 Å². The highest BCUT2D eigenvalue weighted by molar-refractivity contribution is 8.00. The molecule has 1 atom stereocenters. The number of thioether (sulfide) groups is 1. The second kappa shape index (κ2) is 10.2. The van der Waals surface area contributed by atoms with Gasteiger partial charge in [-0.05, 0) is 55.3 Å². The predicted octanol–water partition coefficient (Wildman–Crippen LogP) is 4.38. The summed E-state index contributed by atoms with van der Waals surface area (Å²) in [5, 5.41) is 11.9. The van der Waals surface area contributed by atoms with Gasteiger partial charge in [-0.25, -0.2) is 0 Å². The number of carbonyl (C=O) groups excluding carboxylic acids is 1. The van der Waals surface area contributed by atoms with Crippen molar-refractivity contribution in [1.29, 1.82) is 0 Å². The van der Waals surface area contributed by atoms with Crippen LogP contribution in [0, 0.1) is 0 Å². The van der Waals surface area contributed by atoms with E-state index in [1.54, 1.807) is 13.4 Å². The Morgan fingerprint density at radius 1 is 1.09 bits per heavy atom. The Morgan fingerprint density at radius 3 is 2.56 bits per heavy atom. The van der Waals surface area contributed by atoms with Gasteiger partial charge in [0, 0.05) is 12.2 Å². The van der Waals surface area contributed by atoms with Crippen molar-refractivity contribution < 1.29 is 13.9 Å². The van der Waals surface area contributed by atoms with Crippen LogP contribution in [0.5, 0.6) is 5.75 Å². The van der Waals surface area contributed by atoms with Crippen molar-refractivity contribution in [3.8, 4) is 23.0 Å². The summed E-state index contributed by atoms with van der Waals surface area (Å²) < 4.78 is 12.6. The van der Waals surface area contributed by atoms with Gasteiger partial charge in [-0.1, -0.05) is 42.1 Å². The zero-order valence-corrected chi connectivity index (χ0v) is 18.7. The molecule has 1 N–H and O–H groups in total. The molecule has 0 aliphatic rings. The van der Waals surface area contributed by atoms with E-state index in [2.05, 4.69) is 15.5 Å². The molecule has 32 heavy (non-hydrogen) atoms. The third-order valence-corrected chi connectivity index (χ3v) is 5.96. The highest BCUT2D eigenvalue weighted by atomic mass is 32.2. The van der Waals surface area contributed by atoms with Gasteiger partial charge >= 0.3 is 0 Å². The Balaban J connectivity index is 1.43. The van der Waals surface area contributed by atoms with Crippen LogP contribution in [-0.4, -0.2) is 39.6 Å². The van der Waals surface area contributed by atoms with Crippen molar-refractivity contribution >= 4 is 17.7 Å². The average Bonchev–Trinajstić information content (AvgIpc) is 3.50. The smallest absolute Gasteiger partial charge is 0.233 e. The summed E-state index contributed by atoms with van der Waals surface area (Å²) in [6, 6.07) is 21.3. The molecule has 164 valence electrons. The minimum Gasteiger partial charge on any atom is -0.497 e. The first kappa shape index (κ1) is 21.7. The fraction of sp³-hybridized carbons (Fsp3) is 0.208. The molecule has 4 aromatic rings. The lowest BCUT2D eigenvalue weighted by atomic mass is 10.1. The Bertz CT molecular complexity index is 1140. The van der Waals surface area contributed by atoms with Crippen molar-refractivity contribution in [3.63, 3.8) is 0 Å². The number of methoxy groups -OCH3 is 1. The van der Waals surface area contributed by atoms with Gasteiger partial charge in [0.2, 0.25) is 11.7 Å². The average molecular weight is 449 g/mol. The topological polar surface area (TPSA) is 82.2 Å². The van der Waals surface area contributed by atoms with E-state index in [-0.39, 0.29) is 11.2 Å². The van der Waals surface area contributed by atoms with Gasteiger partial charge in [0.15, 0.2) is 10.9 Å². The maximum atomic E-state index is 12.7. The Morgan fingerprint density at radius 2 is 1.88 bits per heavy atom. The van der Waals surface area contributed by atoms with Gasteiger partial charge in [0.1, 0.15) is 5.75 Å². The Labute approximate surface area is 190 Å². The van der Waals surface area contributed by atoms with Gasteiger partial charge in [0.25, 0.3) is 0 Å². The highest BCUT2D eigenvalue weighted by Gasteiger charge is 2.22. The van der Waals surface area contributed by atoms with Gasteiger partial charge in [-0.15, -0.1) is 10.2 Å². The Hall–Kier alpha value is -3.52. The van der Waals surface area contributed by atoms with Crippen molar-refractivity contribution in [2.75, 3.05) is 13.7 Å². The molecule has 0 radical (unpaired) electrons. The number of nitrogens with zero attached hydrogens (tertiary/aromatic N) is 3. The number of benzene rings is 2. The lowest BCUT2D eigenvalue weighted by molar-refractivity contribution is -0.120.